The van der Waals surface area contributed by atoms with Crippen molar-refractivity contribution in [2.75, 3.05) is 24.6 Å². The van der Waals surface area contributed by atoms with E-state index in [1.54, 1.807) is 0 Å². The van der Waals surface area contributed by atoms with Gasteiger partial charge in [-0.2, -0.15) is 11.8 Å². The van der Waals surface area contributed by atoms with Crippen LogP contribution >= 0.6 is 11.8 Å². The average Bonchev–Trinajstić information content (AvgIpc) is 2.11. The Balaban J connectivity index is 3.48. The van der Waals surface area contributed by atoms with Crippen LogP contribution in [0.2, 0.25) is 0 Å². The lowest BCUT2D eigenvalue weighted by Crippen LogP contribution is -2.31. The van der Waals surface area contributed by atoms with Crippen molar-refractivity contribution < 1.29 is 0 Å². The van der Waals surface area contributed by atoms with Crippen LogP contribution in [-0.2, 0) is 0 Å². The molecule has 0 saturated carbocycles. The highest BCUT2D eigenvalue weighted by molar-refractivity contribution is 7.99. The highest BCUT2D eigenvalue weighted by atomic mass is 32.2. The van der Waals surface area contributed by atoms with Crippen LogP contribution in [0.25, 0.3) is 0 Å². The molecule has 0 bridgehead atoms. The second kappa shape index (κ2) is 8.46. The molecule has 0 aromatic heterocycles. The van der Waals surface area contributed by atoms with E-state index in [0.717, 1.165) is 19.0 Å². The summed E-state index contributed by atoms with van der Waals surface area (Å²) in [5, 5.41) is 3.56. The fraction of sp³-hybridized carbons (Fsp3) is 1.00. The summed E-state index contributed by atoms with van der Waals surface area (Å²) >= 11 is 2.06. The van der Waals surface area contributed by atoms with Gasteiger partial charge in [-0.25, -0.2) is 0 Å². The molecule has 0 atom stereocenters. The summed E-state index contributed by atoms with van der Waals surface area (Å²) in [5.41, 5.74) is 0.461. The predicted octanol–water partition coefficient (Wildman–Crippen LogP) is 3.79. The Hall–Kier alpha value is 0.310. The van der Waals surface area contributed by atoms with Gasteiger partial charge in [0.1, 0.15) is 0 Å². The fourth-order valence-electron chi connectivity index (χ4n) is 1.58. The topological polar surface area (TPSA) is 12.0 Å². The molecule has 0 aromatic rings. The zero-order chi connectivity index (χ0) is 11.7. The first-order valence-corrected chi connectivity index (χ1v) is 7.42. The molecule has 0 spiro atoms. The third kappa shape index (κ3) is 10.6. The quantitative estimate of drug-likeness (QED) is 0.606. The molecule has 0 radical (unpaired) electrons. The highest BCUT2D eigenvalue weighted by Crippen LogP contribution is 2.22. The van der Waals surface area contributed by atoms with Crippen molar-refractivity contribution in [3.8, 4) is 0 Å². The molecular weight excluding hydrogens is 202 g/mol. The molecule has 0 aliphatic rings. The van der Waals surface area contributed by atoms with Crippen LogP contribution in [-0.4, -0.2) is 24.6 Å². The number of hydrogen-bond donors (Lipinski definition) is 1. The summed E-state index contributed by atoms with van der Waals surface area (Å²) < 4.78 is 0. The lowest BCUT2D eigenvalue weighted by Gasteiger charge is -2.25. The molecule has 1 N–H and O–H groups in total. The number of nitrogens with one attached hydrogen (secondary N) is 1. The van der Waals surface area contributed by atoms with Crippen molar-refractivity contribution in [1.29, 1.82) is 0 Å². The van der Waals surface area contributed by atoms with Gasteiger partial charge in [-0.15, -0.1) is 0 Å². The van der Waals surface area contributed by atoms with E-state index in [0.29, 0.717) is 5.41 Å². The van der Waals surface area contributed by atoms with Gasteiger partial charge in [0, 0.05) is 6.54 Å². The standard InChI is InChI=1S/C13H29NS/c1-6-15-9-7-8-13(4,5)11-14-10-12(2)3/h12,14H,6-11H2,1-5H3. The van der Waals surface area contributed by atoms with E-state index in [1.165, 1.54) is 24.3 Å². The van der Waals surface area contributed by atoms with Crippen LogP contribution in [0.5, 0.6) is 0 Å². The van der Waals surface area contributed by atoms with Crippen LogP contribution in [0.4, 0.5) is 0 Å². The minimum Gasteiger partial charge on any atom is -0.316 e. The molecule has 92 valence electrons. The monoisotopic (exact) mass is 231 g/mol. The maximum Gasteiger partial charge on any atom is 0.000263 e. The maximum absolute atomic E-state index is 3.56. The molecule has 0 aliphatic heterocycles. The number of hydrogen-bond acceptors (Lipinski definition) is 2. The largest absolute Gasteiger partial charge is 0.316 e. The molecule has 1 nitrogen and oxygen atoms in total. The average molecular weight is 231 g/mol. The van der Waals surface area contributed by atoms with E-state index < -0.39 is 0 Å². The van der Waals surface area contributed by atoms with Crippen molar-refractivity contribution in [3.63, 3.8) is 0 Å². The Morgan fingerprint density at radius 1 is 1.27 bits per heavy atom. The molecule has 0 fully saturated rings. The number of thioether (sulfide) groups is 1. The van der Waals surface area contributed by atoms with Crippen LogP contribution in [0.3, 0.4) is 0 Å². The minimum atomic E-state index is 0.461. The first-order valence-electron chi connectivity index (χ1n) is 6.26. The van der Waals surface area contributed by atoms with E-state index in [9.17, 15) is 0 Å². The summed E-state index contributed by atoms with van der Waals surface area (Å²) in [6, 6.07) is 0. The van der Waals surface area contributed by atoms with Crippen LogP contribution in [0, 0.1) is 11.3 Å². The maximum atomic E-state index is 3.56. The highest BCUT2D eigenvalue weighted by Gasteiger charge is 2.16. The van der Waals surface area contributed by atoms with E-state index in [1.807, 2.05) is 0 Å². The normalized spacial score (nSPS) is 12.4. The summed E-state index contributed by atoms with van der Waals surface area (Å²) in [7, 11) is 0. The van der Waals surface area contributed by atoms with E-state index in [2.05, 4.69) is 51.7 Å². The Labute approximate surface area is 101 Å². The van der Waals surface area contributed by atoms with Gasteiger partial charge in [0.2, 0.25) is 0 Å². The number of rotatable bonds is 9. The summed E-state index contributed by atoms with van der Waals surface area (Å²) in [4.78, 5) is 0. The van der Waals surface area contributed by atoms with E-state index in [-0.39, 0.29) is 0 Å². The second-order valence-corrected chi connectivity index (χ2v) is 6.88. The van der Waals surface area contributed by atoms with Gasteiger partial charge in [-0.05, 0) is 42.2 Å². The molecular formula is C13H29NS. The van der Waals surface area contributed by atoms with Crippen molar-refractivity contribution in [1.82, 2.24) is 5.32 Å². The summed E-state index contributed by atoms with van der Waals surface area (Å²) in [6.07, 6.45) is 2.69. The zero-order valence-corrected chi connectivity index (χ0v) is 12.0. The Bertz CT molecular complexity index is 143. The van der Waals surface area contributed by atoms with E-state index >= 15 is 0 Å². The van der Waals surface area contributed by atoms with Crippen molar-refractivity contribution in [2.45, 2.75) is 47.5 Å². The van der Waals surface area contributed by atoms with Crippen molar-refractivity contribution in [3.05, 3.63) is 0 Å². The third-order valence-electron chi connectivity index (χ3n) is 2.50. The molecule has 0 saturated heterocycles. The predicted molar refractivity (Wildman–Crippen MR) is 73.7 cm³/mol. The van der Waals surface area contributed by atoms with Gasteiger partial charge in [0.25, 0.3) is 0 Å². The van der Waals surface area contributed by atoms with Gasteiger partial charge in [0.05, 0.1) is 0 Å². The zero-order valence-electron chi connectivity index (χ0n) is 11.2. The van der Waals surface area contributed by atoms with Gasteiger partial charge in [-0.3, -0.25) is 0 Å². The first kappa shape index (κ1) is 15.3. The van der Waals surface area contributed by atoms with Crippen LogP contribution in [0.15, 0.2) is 0 Å². The second-order valence-electron chi connectivity index (χ2n) is 5.49. The van der Waals surface area contributed by atoms with E-state index in [4.69, 9.17) is 0 Å². The Morgan fingerprint density at radius 3 is 2.47 bits per heavy atom. The molecule has 0 rings (SSSR count). The van der Waals surface area contributed by atoms with Crippen LogP contribution < -0.4 is 5.32 Å². The van der Waals surface area contributed by atoms with Crippen LogP contribution in [0.1, 0.15) is 47.5 Å². The molecule has 2 heteroatoms. The summed E-state index contributed by atoms with van der Waals surface area (Å²) in [6.45, 7) is 13.8. The van der Waals surface area contributed by atoms with Crippen molar-refractivity contribution >= 4 is 11.8 Å². The molecule has 0 aliphatic carbocycles. The van der Waals surface area contributed by atoms with Gasteiger partial charge in [0.15, 0.2) is 0 Å². The minimum absolute atomic E-state index is 0.461. The Morgan fingerprint density at radius 2 is 1.93 bits per heavy atom. The molecule has 15 heavy (non-hydrogen) atoms. The van der Waals surface area contributed by atoms with Crippen molar-refractivity contribution in [2.24, 2.45) is 11.3 Å². The van der Waals surface area contributed by atoms with Gasteiger partial charge < -0.3 is 5.32 Å². The lowest BCUT2D eigenvalue weighted by molar-refractivity contribution is 0.306. The third-order valence-corrected chi connectivity index (χ3v) is 3.49. The summed E-state index contributed by atoms with van der Waals surface area (Å²) in [5.74, 6) is 3.34. The Kier molecular flexibility index (Phi) is 8.64. The van der Waals surface area contributed by atoms with Gasteiger partial charge in [-0.1, -0.05) is 34.6 Å². The molecule has 0 unspecified atom stereocenters. The molecule has 0 aromatic carbocycles. The molecule has 0 amide bonds. The smallest absolute Gasteiger partial charge is 0.000263 e. The van der Waals surface area contributed by atoms with Gasteiger partial charge >= 0.3 is 0 Å². The SMILES string of the molecule is CCSCCCC(C)(C)CNCC(C)C. The fourth-order valence-corrected chi connectivity index (χ4v) is 2.22. The lowest BCUT2D eigenvalue weighted by atomic mass is 9.88. The first-order chi connectivity index (χ1) is 6.98. The molecule has 0 heterocycles.